The van der Waals surface area contributed by atoms with Crippen LogP contribution in [-0.2, 0) is 6.54 Å². The third kappa shape index (κ3) is 3.13. The fourth-order valence-corrected chi connectivity index (χ4v) is 2.80. The molecular formula is C16H13BrN4O3. The van der Waals surface area contributed by atoms with E-state index in [1.54, 1.807) is 36.3 Å². The first-order valence-corrected chi connectivity index (χ1v) is 7.79. The smallest absolute Gasteiger partial charge is 0.358 e. The molecule has 2 aromatic heterocycles. The minimum Gasteiger partial charge on any atom is -0.496 e. The van der Waals surface area contributed by atoms with Crippen LogP contribution in [0.25, 0.3) is 11.3 Å². The predicted octanol–water partition coefficient (Wildman–Crippen LogP) is 2.86. The zero-order chi connectivity index (χ0) is 17.1. The molecule has 24 heavy (non-hydrogen) atoms. The maximum atomic E-state index is 11.5. The van der Waals surface area contributed by atoms with Crippen molar-refractivity contribution in [2.75, 3.05) is 7.11 Å². The lowest BCUT2D eigenvalue weighted by Gasteiger charge is -2.11. The molecule has 0 saturated heterocycles. The second-order valence-corrected chi connectivity index (χ2v) is 5.86. The highest BCUT2D eigenvalue weighted by atomic mass is 79.9. The highest BCUT2D eigenvalue weighted by Gasteiger charge is 2.21. The number of halogens is 1. The molecule has 3 rings (SSSR count). The molecular weight excluding hydrogens is 376 g/mol. The van der Waals surface area contributed by atoms with E-state index in [2.05, 4.69) is 31.2 Å². The van der Waals surface area contributed by atoms with Gasteiger partial charge in [0.2, 0.25) is 0 Å². The lowest BCUT2D eigenvalue weighted by molar-refractivity contribution is 0.0691. The molecule has 0 aliphatic rings. The van der Waals surface area contributed by atoms with Crippen LogP contribution >= 0.6 is 15.9 Å². The zero-order valence-electron chi connectivity index (χ0n) is 12.7. The van der Waals surface area contributed by atoms with Gasteiger partial charge in [0.25, 0.3) is 0 Å². The number of aromatic carboxylic acids is 1. The molecule has 7 nitrogen and oxygen atoms in total. The molecule has 0 radical (unpaired) electrons. The topological polar surface area (TPSA) is 90.1 Å². The number of hydrogen-bond donors (Lipinski definition) is 1. The first-order chi connectivity index (χ1) is 11.6. The van der Waals surface area contributed by atoms with Crippen LogP contribution in [-0.4, -0.2) is 38.2 Å². The fraction of sp³-hybridized carbons (Fsp3) is 0.125. The Morgan fingerprint density at radius 3 is 2.71 bits per heavy atom. The number of carboxylic acid groups (broad SMARTS) is 1. The molecule has 0 saturated carbocycles. The fourth-order valence-electron chi connectivity index (χ4n) is 2.40. The molecule has 2 heterocycles. The van der Waals surface area contributed by atoms with Crippen LogP contribution in [0.1, 0.15) is 16.1 Å². The standard InChI is InChI=1S/C16H13BrN4O3/c1-24-13-3-2-12(17)8-11(13)9-21-15(10-4-6-18-7-5-10)14(16(22)23)19-20-21/h2-8H,9H2,1H3,(H,22,23). The largest absolute Gasteiger partial charge is 0.496 e. The van der Waals surface area contributed by atoms with Gasteiger partial charge in [0, 0.05) is 28.0 Å². The van der Waals surface area contributed by atoms with E-state index in [4.69, 9.17) is 4.74 Å². The summed E-state index contributed by atoms with van der Waals surface area (Å²) in [5.74, 6) is -0.444. The van der Waals surface area contributed by atoms with Crippen molar-refractivity contribution < 1.29 is 14.6 Å². The Hall–Kier alpha value is -2.74. The van der Waals surface area contributed by atoms with Crippen molar-refractivity contribution in [3.63, 3.8) is 0 Å². The number of nitrogens with zero attached hydrogens (tertiary/aromatic N) is 4. The van der Waals surface area contributed by atoms with Crippen LogP contribution in [0, 0.1) is 0 Å². The van der Waals surface area contributed by atoms with Crippen molar-refractivity contribution in [3.05, 3.63) is 58.5 Å². The van der Waals surface area contributed by atoms with Crippen LogP contribution in [0.5, 0.6) is 5.75 Å². The summed E-state index contributed by atoms with van der Waals surface area (Å²) in [5.41, 5.74) is 1.85. The molecule has 8 heteroatoms. The first kappa shape index (κ1) is 16.1. The van der Waals surface area contributed by atoms with Crippen molar-refractivity contribution in [3.8, 4) is 17.0 Å². The Morgan fingerprint density at radius 2 is 2.04 bits per heavy atom. The number of hydrogen-bond acceptors (Lipinski definition) is 5. The quantitative estimate of drug-likeness (QED) is 0.722. The maximum Gasteiger partial charge on any atom is 0.358 e. The number of carbonyl (C=O) groups is 1. The number of benzene rings is 1. The van der Waals surface area contributed by atoms with E-state index in [-0.39, 0.29) is 5.69 Å². The van der Waals surface area contributed by atoms with Gasteiger partial charge in [0.15, 0.2) is 5.69 Å². The molecule has 0 fully saturated rings. The van der Waals surface area contributed by atoms with Gasteiger partial charge >= 0.3 is 5.97 Å². The molecule has 0 unspecified atom stereocenters. The second-order valence-electron chi connectivity index (χ2n) is 4.94. The Labute approximate surface area is 146 Å². The maximum absolute atomic E-state index is 11.5. The summed E-state index contributed by atoms with van der Waals surface area (Å²) in [6.07, 6.45) is 3.19. The van der Waals surface area contributed by atoms with Gasteiger partial charge in [-0.1, -0.05) is 21.1 Å². The van der Waals surface area contributed by atoms with Crippen molar-refractivity contribution in [1.82, 2.24) is 20.0 Å². The molecule has 0 bridgehead atoms. The summed E-state index contributed by atoms with van der Waals surface area (Å²) < 4.78 is 7.80. The number of aromatic nitrogens is 4. The van der Waals surface area contributed by atoms with Gasteiger partial charge in [0.05, 0.1) is 13.7 Å². The van der Waals surface area contributed by atoms with Crippen molar-refractivity contribution in [2.45, 2.75) is 6.54 Å². The van der Waals surface area contributed by atoms with E-state index in [1.807, 2.05) is 18.2 Å². The van der Waals surface area contributed by atoms with Crippen LogP contribution in [0.4, 0.5) is 0 Å². The second kappa shape index (κ2) is 6.79. The third-order valence-electron chi connectivity index (χ3n) is 3.45. The summed E-state index contributed by atoms with van der Waals surface area (Å²) in [7, 11) is 1.58. The van der Waals surface area contributed by atoms with Gasteiger partial charge < -0.3 is 9.84 Å². The monoisotopic (exact) mass is 388 g/mol. The lowest BCUT2D eigenvalue weighted by Crippen LogP contribution is -2.07. The zero-order valence-corrected chi connectivity index (χ0v) is 14.3. The number of carboxylic acids is 1. The number of rotatable bonds is 5. The van der Waals surface area contributed by atoms with Gasteiger partial charge in [-0.25, -0.2) is 9.48 Å². The van der Waals surface area contributed by atoms with E-state index in [0.717, 1.165) is 10.0 Å². The van der Waals surface area contributed by atoms with Gasteiger partial charge in [-0.3, -0.25) is 4.98 Å². The van der Waals surface area contributed by atoms with Crippen LogP contribution in [0.2, 0.25) is 0 Å². The molecule has 0 amide bonds. The van der Waals surface area contributed by atoms with Crippen LogP contribution in [0.3, 0.4) is 0 Å². The molecule has 0 aliphatic carbocycles. The van der Waals surface area contributed by atoms with Gasteiger partial charge in [0.1, 0.15) is 11.4 Å². The Morgan fingerprint density at radius 1 is 1.29 bits per heavy atom. The molecule has 122 valence electrons. The van der Waals surface area contributed by atoms with Crippen LogP contribution in [0.15, 0.2) is 47.2 Å². The molecule has 3 aromatic rings. The summed E-state index contributed by atoms with van der Waals surface area (Å²) >= 11 is 3.43. The van der Waals surface area contributed by atoms with E-state index >= 15 is 0 Å². The van der Waals surface area contributed by atoms with Crippen molar-refractivity contribution in [2.24, 2.45) is 0 Å². The van der Waals surface area contributed by atoms with Crippen LogP contribution < -0.4 is 4.74 Å². The normalized spacial score (nSPS) is 10.6. The summed E-state index contributed by atoms with van der Waals surface area (Å²) in [6.45, 7) is 0.320. The average Bonchev–Trinajstić information content (AvgIpc) is 3.00. The van der Waals surface area contributed by atoms with E-state index in [1.165, 1.54) is 0 Å². The Kier molecular flexibility index (Phi) is 4.57. The number of pyridine rings is 1. The molecule has 0 aliphatic heterocycles. The highest BCUT2D eigenvalue weighted by Crippen LogP contribution is 2.27. The molecule has 0 atom stereocenters. The van der Waals surface area contributed by atoms with E-state index < -0.39 is 5.97 Å². The van der Waals surface area contributed by atoms with Gasteiger partial charge in [-0.15, -0.1) is 5.10 Å². The average molecular weight is 389 g/mol. The minimum atomic E-state index is -1.13. The molecule has 1 aromatic carbocycles. The Bertz CT molecular complexity index is 880. The number of methoxy groups -OCH3 is 1. The van der Waals surface area contributed by atoms with Gasteiger partial charge in [-0.05, 0) is 30.3 Å². The van der Waals surface area contributed by atoms with E-state index in [9.17, 15) is 9.90 Å². The van der Waals surface area contributed by atoms with Crippen molar-refractivity contribution in [1.29, 1.82) is 0 Å². The predicted molar refractivity (Wildman–Crippen MR) is 90.0 cm³/mol. The van der Waals surface area contributed by atoms with Gasteiger partial charge in [-0.2, -0.15) is 0 Å². The SMILES string of the molecule is COc1ccc(Br)cc1Cn1nnc(C(=O)O)c1-c1ccncc1. The summed E-state index contributed by atoms with van der Waals surface area (Å²) in [5, 5.41) is 17.2. The first-order valence-electron chi connectivity index (χ1n) is 6.99. The number of ether oxygens (including phenoxy) is 1. The van der Waals surface area contributed by atoms with Crippen molar-refractivity contribution >= 4 is 21.9 Å². The molecule has 1 N–H and O–H groups in total. The highest BCUT2D eigenvalue weighted by molar-refractivity contribution is 9.10. The minimum absolute atomic E-state index is 0.102. The molecule has 0 spiro atoms. The van der Waals surface area contributed by atoms with E-state index in [0.29, 0.717) is 23.6 Å². The lowest BCUT2D eigenvalue weighted by atomic mass is 10.1. The third-order valence-corrected chi connectivity index (χ3v) is 3.95. The summed E-state index contributed by atoms with van der Waals surface area (Å²) in [4.78, 5) is 15.4. The Balaban J connectivity index is 2.10. The summed E-state index contributed by atoms with van der Waals surface area (Å²) in [6, 6.07) is 9.05.